The van der Waals surface area contributed by atoms with Crippen LogP contribution in [0.2, 0.25) is 0 Å². The molecule has 0 bridgehead atoms. The second kappa shape index (κ2) is 7.10. The first kappa shape index (κ1) is 15.4. The topological polar surface area (TPSA) is 19.4 Å². The zero-order valence-corrected chi connectivity index (χ0v) is 13.7. The molecule has 0 unspecified atom stereocenters. The third kappa shape index (κ3) is 4.94. The van der Waals surface area contributed by atoms with E-state index in [0.717, 1.165) is 35.6 Å². The zero-order chi connectivity index (χ0) is 13.7. The number of anilines is 1. The monoisotopic (exact) mass is 313 g/mol. The highest BCUT2D eigenvalue weighted by atomic mass is 79.9. The predicted octanol–water partition coefficient (Wildman–Crippen LogP) is 3.18. The van der Waals surface area contributed by atoms with Crippen LogP contribution < -0.4 is 4.90 Å². The van der Waals surface area contributed by atoms with Gasteiger partial charge >= 0.3 is 0 Å². The lowest BCUT2D eigenvalue weighted by Gasteiger charge is -2.27. The number of aryl methyl sites for hydroxylation is 1. The summed E-state index contributed by atoms with van der Waals surface area (Å²) in [6.07, 6.45) is 0. The van der Waals surface area contributed by atoms with Crippen LogP contribution in [-0.4, -0.2) is 43.6 Å². The van der Waals surface area contributed by atoms with E-state index in [9.17, 15) is 0 Å². The van der Waals surface area contributed by atoms with Gasteiger partial charge in [0.1, 0.15) is 5.82 Å². The van der Waals surface area contributed by atoms with Gasteiger partial charge < -0.3 is 9.80 Å². The molecule has 0 spiro atoms. The van der Waals surface area contributed by atoms with Crippen molar-refractivity contribution in [1.29, 1.82) is 0 Å². The van der Waals surface area contributed by atoms with Gasteiger partial charge in [0.2, 0.25) is 0 Å². The van der Waals surface area contributed by atoms with E-state index >= 15 is 0 Å². The average molecular weight is 314 g/mol. The fourth-order valence-corrected chi connectivity index (χ4v) is 1.99. The number of aromatic nitrogens is 1. The Morgan fingerprint density at radius 2 is 1.89 bits per heavy atom. The molecule has 0 N–H and O–H groups in total. The van der Waals surface area contributed by atoms with Crippen molar-refractivity contribution in [1.82, 2.24) is 9.88 Å². The fourth-order valence-electron chi connectivity index (χ4n) is 1.77. The molecule has 18 heavy (non-hydrogen) atoms. The van der Waals surface area contributed by atoms with E-state index in [4.69, 9.17) is 0 Å². The minimum atomic E-state index is 0.637. The van der Waals surface area contributed by atoms with Gasteiger partial charge in [0.05, 0.1) is 5.69 Å². The number of nitrogens with zero attached hydrogens (tertiary/aromatic N) is 3. The molecule has 1 aromatic heterocycles. The summed E-state index contributed by atoms with van der Waals surface area (Å²) in [6, 6.07) is 4.18. The molecule has 0 aliphatic rings. The van der Waals surface area contributed by atoms with Gasteiger partial charge in [-0.3, -0.25) is 0 Å². The fraction of sp³-hybridized carbons (Fsp3) is 0.643. The highest BCUT2D eigenvalue weighted by Gasteiger charge is 2.11. The molecule has 0 saturated heterocycles. The molecule has 1 aromatic rings. The highest BCUT2D eigenvalue weighted by Crippen LogP contribution is 2.19. The van der Waals surface area contributed by atoms with Crippen molar-refractivity contribution < 1.29 is 0 Å². The van der Waals surface area contributed by atoms with Gasteiger partial charge in [0.25, 0.3) is 0 Å². The lowest BCUT2D eigenvalue weighted by molar-refractivity contribution is 0.408. The molecular weight excluding hydrogens is 290 g/mol. The maximum absolute atomic E-state index is 4.66. The molecule has 102 valence electrons. The molecule has 0 aromatic carbocycles. The van der Waals surface area contributed by atoms with Crippen LogP contribution >= 0.6 is 15.9 Å². The van der Waals surface area contributed by atoms with Gasteiger partial charge in [-0.1, -0.05) is 13.8 Å². The van der Waals surface area contributed by atoms with E-state index < -0.39 is 0 Å². The number of halogens is 1. The molecule has 1 rings (SSSR count). The number of pyridine rings is 1. The van der Waals surface area contributed by atoms with Crippen molar-refractivity contribution in [3.8, 4) is 0 Å². The minimum absolute atomic E-state index is 0.637. The molecule has 0 atom stereocenters. The van der Waals surface area contributed by atoms with Gasteiger partial charge in [0.15, 0.2) is 0 Å². The quantitative estimate of drug-likeness (QED) is 0.804. The summed E-state index contributed by atoms with van der Waals surface area (Å²) in [5.74, 6) is 1.71. The lowest BCUT2D eigenvalue weighted by Crippen LogP contribution is -2.35. The lowest BCUT2D eigenvalue weighted by atomic mass is 10.2. The smallest absolute Gasteiger partial charge is 0.128 e. The number of hydrogen-bond donors (Lipinski definition) is 0. The number of likely N-dealkylation sites (N-methyl/N-ethyl adjacent to an activating group) is 1. The summed E-state index contributed by atoms with van der Waals surface area (Å²) in [5, 5.41) is 0. The molecule has 0 aliphatic carbocycles. The van der Waals surface area contributed by atoms with Crippen molar-refractivity contribution >= 4 is 21.7 Å². The Hall–Kier alpha value is -0.610. The highest BCUT2D eigenvalue weighted by molar-refractivity contribution is 9.10. The van der Waals surface area contributed by atoms with Gasteiger partial charge in [-0.2, -0.15) is 0 Å². The van der Waals surface area contributed by atoms with E-state index in [1.807, 2.05) is 6.92 Å². The van der Waals surface area contributed by atoms with Crippen LogP contribution in [0.1, 0.15) is 19.5 Å². The Labute approximate surface area is 119 Å². The SMILES string of the molecule is Cc1nc(N(CCN(C)C)CC(C)C)ccc1Br. The van der Waals surface area contributed by atoms with Crippen molar-refractivity contribution in [2.45, 2.75) is 20.8 Å². The van der Waals surface area contributed by atoms with Gasteiger partial charge in [-0.15, -0.1) is 0 Å². The zero-order valence-electron chi connectivity index (χ0n) is 12.1. The van der Waals surface area contributed by atoms with E-state index in [-0.39, 0.29) is 0 Å². The van der Waals surface area contributed by atoms with Crippen molar-refractivity contribution in [2.24, 2.45) is 5.92 Å². The summed E-state index contributed by atoms with van der Waals surface area (Å²) >= 11 is 3.50. The van der Waals surface area contributed by atoms with Gasteiger partial charge in [-0.05, 0) is 55.0 Å². The first-order valence-electron chi connectivity index (χ1n) is 6.43. The third-order valence-corrected chi connectivity index (χ3v) is 3.57. The maximum atomic E-state index is 4.66. The summed E-state index contributed by atoms with van der Waals surface area (Å²) in [7, 11) is 4.21. The second-order valence-electron chi connectivity index (χ2n) is 5.38. The molecule has 3 nitrogen and oxygen atoms in total. The first-order valence-corrected chi connectivity index (χ1v) is 7.22. The van der Waals surface area contributed by atoms with E-state index in [1.54, 1.807) is 0 Å². The Morgan fingerprint density at radius 1 is 1.22 bits per heavy atom. The minimum Gasteiger partial charge on any atom is -0.355 e. The maximum Gasteiger partial charge on any atom is 0.128 e. The van der Waals surface area contributed by atoms with Crippen LogP contribution in [0.25, 0.3) is 0 Å². The largest absolute Gasteiger partial charge is 0.355 e. The standard InChI is InChI=1S/C14H24BrN3/c1-11(2)10-18(9-8-17(4)5)14-7-6-13(15)12(3)16-14/h6-7,11H,8-10H2,1-5H3. The summed E-state index contributed by atoms with van der Waals surface area (Å²) in [5.41, 5.74) is 1.05. The molecule has 0 aliphatic heterocycles. The number of rotatable bonds is 6. The Morgan fingerprint density at radius 3 is 2.39 bits per heavy atom. The van der Waals surface area contributed by atoms with E-state index in [2.05, 4.69) is 70.8 Å². The molecule has 4 heteroatoms. The molecular formula is C14H24BrN3. The van der Waals surface area contributed by atoms with Gasteiger partial charge in [0, 0.05) is 24.1 Å². The van der Waals surface area contributed by atoms with Crippen LogP contribution in [-0.2, 0) is 0 Å². The predicted molar refractivity (Wildman–Crippen MR) is 82.3 cm³/mol. The van der Waals surface area contributed by atoms with Crippen LogP contribution in [0.3, 0.4) is 0 Å². The number of hydrogen-bond acceptors (Lipinski definition) is 3. The van der Waals surface area contributed by atoms with Crippen LogP contribution in [0.5, 0.6) is 0 Å². The van der Waals surface area contributed by atoms with Gasteiger partial charge in [-0.25, -0.2) is 4.98 Å². The summed E-state index contributed by atoms with van der Waals surface area (Å²) in [4.78, 5) is 9.24. The molecule has 0 amide bonds. The molecule has 1 heterocycles. The second-order valence-corrected chi connectivity index (χ2v) is 6.23. The Kier molecular flexibility index (Phi) is 6.09. The Balaban J connectivity index is 2.83. The third-order valence-electron chi connectivity index (χ3n) is 2.73. The average Bonchev–Trinajstić information content (AvgIpc) is 2.27. The molecule has 0 saturated carbocycles. The van der Waals surface area contributed by atoms with Crippen LogP contribution in [0.4, 0.5) is 5.82 Å². The van der Waals surface area contributed by atoms with E-state index in [1.165, 1.54) is 0 Å². The van der Waals surface area contributed by atoms with Crippen molar-refractivity contribution in [3.63, 3.8) is 0 Å². The molecule has 0 radical (unpaired) electrons. The van der Waals surface area contributed by atoms with E-state index in [0.29, 0.717) is 5.92 Å². The van der Waals surface area contributed by atoms with Crippen LogP contribution in [0, 0.1) is 12.8 Å². The van der Waals surface area contributed by atoms with Crippen LogP contribution in [0.15, 0.2) is 16.6 Å². The van der Waals surface area contributed by atoms with Crippen molar-refractivity contribution in [3.05, 3.63) is 22.3 Å². The molecule has 0 fully saturated rings. The Bertz CT molecular complexity index is 377. The summed E-state index contributed by atoms with van der Waals surface area (Å²) < 4.78 is 1.07. The first-order chi connectivity index (χ1) is 8.40. The van der Waals surface area contributed by atoms with Crippen molar-refractivity contribution in [2.75, 3.05) is 38.6 Å². The summed E-state index contributed by atoms with van der Waals surface area (Å²) in [6.45, 7) is 9.63. The normalized spacial score (nSPS) is 11.3.